The second-order valence-corrected chi connectivity index (χ2v) is 7.63. The van der Waals surface area contributed by atoms with Crippen LogP contribution in [0.25, 0.3) is 0 Å². The van der Waals surface area contributed by atoms with Crippen molar-refractivity contribution in [2.45, 2.75) is 51.3 Å². The maximum atomic E-state index is 6.48. The minimum atomic E-state index is 0.0631. The molecule has 0 aromatic heterocycles. The van der Waals surface area contributed by atoms with Gasteiger partial charge >= 0.3 is 0 Å². The van der Waals surface area contributed by atoms with Gasteiger partial charge in [-0.15, -0.1) is 11.6 Å². The topological polar surface area (TPSA) is 0 Å². The maximum absolute atomic E-state index is 6.48. The standard InChI is InChI=1S/C20H25Cl/c1-14-6-8-16(9-7-14)19(15(2)21)17-10-12-18(13-11-17)20(3,4)5/h6-13,15,19H,1-5H3. The van der Waals surface area contributed by atoms with Gasteiger partial charge in [0.1, 0.15) is 0 Å². The summed E-state index contributed by atoms with van der Waals surface area (Å²) >= 11 is 6.48. The SMILES string of the molecule is Cc1ccc(C(c2ccc(C(C)(C)C)cc2)C(C)Cl)cc1. The minimum Gasteiger partial charge on any atom is -0.122 e. The molecule has 0 N–H and O–H groups in total. The van der Waals surface area contributed by atoms with Crippen molar-refractivity contribution in [1.29, 1.82) is 0 Å². The van der Waals surface area contributed by atoms with E-state index >= 15 is 0 Å². The third-order valence-corrected chi connectivity index (χ3v) is 4.28. The number of aryl methyl sites for hydroxylation is 1. The number of rotatable bonds is 3. The summed E-state index contributed by atoms with van der Waals surface area (Å²) in [5, 5.41) is 0.0631. The molecule has 2 aromatic carbocycles. The van der Waals surface area contributed by atoms with Crippen LogP contribution in [-0.4, -0.2) is 5.38 Å². The summed E-state index contributed by atoms with van der Waals surface area (Å²) in [4.78, 5) is 0. The Morgan fingerprint density at radius 3 is 1.62 bits per heavy atom. The lowest BCUT2D eigenvalue weighted by molar-refractivity contribution is 0.589. The zero-order valence-corrected chi connectivity index (χ0v) is 14.4. The van der Waals surface area contributed by atoms with E-state index in [0.717, 1.165) is 0 Å². The maximum Gasteiger partial charge on any atom is 0.0417 e. The van der Waals surface area contributed by atoms with Crippen molar-refractivity contribution in [2.24, 2.45) is 0 Å². The highest BCUT2D eigenvalue weighted by atomic mass is 35.5. The molecule has 0 nitrogen and oxygen atoms in total. The molecule has 0 heterocycles. The third kappa shape index (κ3) is 3.89. The first-order chi connectivity index (χ1) is 9.79. The van der Waals surface area contributed by atoms with Crippen LogP contribution in [0.3, 0.4) is 0 Å². The van der Waals surface area contributed by atoms with E-state index in [1.54, 1.807) is 0 Å². The molecule has 2 atom stereocenters. The molecule has 0 aliphatic carbocycles. The van der Waals surface area contributed by atoms with Crippen LogP contribution < -0.4 is 0 Å². The Hall–Kier alpha value is -1.27. The number of hydrogen-bond acceptors (Lipinski definition) is 0. The molecule has 0 aliphatic rings. The summed E-state index contributed by atoms with van der Waals surface area (Å²) in [6, 6.07) is 17.6. The lowest BCUT2D eigenvalue weighted by Crippen LogP contribution is -2.13. The smallest absolute Gasteiger partial charge is 0.0417 e. The van der Waals surface area contributed by atoms with E-state index in [4.69, 9.17) is 11.6 Å². The quantitative estimate of drug-likeness (QED) is 0.605. The molecule has 0 spiro atoms. The van der Waals surface area contributed by atoms with Gasteiger partial charge in [-0.1, -0.05) is 74.9 Å². The van der Waals surface area contributed by atoms with E-state index in [2.05, 4.69) is 83.1 Å². The molecule has 112 valence electrons. The summed E-state index contributed by atoms with van der Waals surface area (Å²) in [6.07, 6.45) is 0. The number of alkyl halides is 1. The second-order valence-electron chi connectivity index (χ2n) is 6.94. The van der Waals surface area contributed by atoms with Crippen molar-refractivity contribution < 1.29 is 0 Å². The molecule has 0 saturated heterocycles. The number of halogens is 1. The fourth-order valence-electron chi connectivity index (χ4n) is 2.69. The molecule has 0 amide bonds. The van der Waals surface area contributed by atoms with Gasteiger partial charge in [-0.3, -0.25) is 0 Å². The van der Waals surface area contributed by atoms with Gasteiger partial charge in [-0.2, -0.15) is 0 Å². The lowest BCUT2D eigenvalue weighted by Gasteiger charge is -2.23. The third-order valence-electron chi connectivity index (χ3n) is 4.03. The molecule has 0 radical (unpaired) electrons. The van der Waals surface area contributed by atoms with E-state index in [-0.39, 0.29) is 16.7 Å². The van der Waals surface area contributed by atoms with Crippen molar-refractivity contribution in [3.8, 4) is 0 Å². The predicted octanol–water partition coefficient (Wildman–Crippen LogP) is 6.05. The fraction of sp³-hybridized carbons (Fsp3) is 0.400. The summed E-state index contributed by atoms with van der Waals surface area (Å²) in [5.41, 5.74) is 5.39. The van der Waals surface area contributed by atoms with Crippen LogP contribution in [0.2, 0.25) is 0 Å². The van der Waals surface area contributed by atoms with E-state index in [9.17, 15) is 0 Å². The van der Waals surface area contributed by atoms with Crippen molar-refractivity contribution in [2.75, 3.05) is 0 Å². The highest BCUT2D eigenvalue weighted by Gasteiger charge is 2.21. The summed E-state index contributed by atoms with van der Waals surface area (Å²) in [7, 11) is 0. The molecular weight excluding hydrogens is 276 g/mol. The Morgan fingerprint density at radius 2 is 1.24 bits per heavy atom. The molecule has 2 rings (SSSR count). The first kappa shape index (κ1) is 16.1. The van der Waals surface area contributed by atoms with Gasteiger partial charge in [0, 0.05) is 11.3 Å². The van der Waals surface area contributed by atoms with Gasteiger partial charge in [0.15, 0.2) is 0 Å². The van der Waals surface area contributed by atoms with Crippen LogP contribution in [0.15, 0.2) is 48.5 Å². The average molecular weight is 301 g/mol. The summed E-state index contributed by atoms with van der Waals surface area (Å²) in [5.74, 6) is 0.237. The number of benzene rings is 2. The van der Waals surface area contributed by atoms with Crippen molar-refractivity contribution >= 4 is 11.6 Å². The van der Waals surface area contributed by atoms with Gasteiger partial charge < -0.3 is 0 Å². The average Bonchev–Trinajstić information content (AvgIpc) is 2.40. The molecular formula is C20H25Cl. The van der Waals surface area contributed by atoms with Crippen LogP contribution >= 0.6 is 11.6 Å². The van der Waals surface area contributed by atoms with E-state index in [0.29, 0.717) is 0 Å². The lowest BCUT2D eigenvalue weighted by atomic mass is 9.83. The van der Waals surface area contributed by atoms with Crippen LogP contribution in [-0.2, 0) is 5.41 Å². The van der Waals surface area contributed by atoms with Crippen molar-refractivity contribution in [1.82, 2.24) is 0 Å². The summed E-state index contributed by atoms with van der Waals surface area (Å²) in [6.45, 7) is 10.9. The molecule has 0 saturated carbocycles. The van der Waals surface area contributed by atoms with Crippen LogP contribution in [0.1, 0.15) is 55.9 Å². The molecule has 2 aromatic rings. The van der Waals surface area contributed by atoms with Gasteiger partial charge in [0.05, 0.1) is 0 Å². The van der Waals surface area contributed by atoms with Gasteiger partial charge in [0.2, 0.25) is 0 Å². The zero-order chi connectivity index (χ0) is 15.6. The van der Waals surface area contributed by atoms with E-state index in [1.807, 2.05) is 0 Å². The summed E-state index contributed by atoms with van der Waals surface area (Å²) < 4.78 is 0. The number of hydrogen-bond donors (Lipinski definition) is 0. The van der Waals surface area contributed by atoms with Gasteiger partial charge in [-0.05, 0) is 36.0 Å². The van der Waals surface area contributed by atoms with Crippen LogP contribution in [0, 0.1) is 6.92 Å². The highest BCUT2D eigenvalue weighted by molar-refractivity contribution is 6.21. The normalized spacial score (nSPS) is 14.8. The Bertz CT molecular complexity index is 571. The molecule has 0 aliphatic heterocycles. The Balaban J connectivity index is 2.37. The van der Waals surface area contributed by atoms with E-state index < -0.39 is 0 Å². The fourth-order valence-corrected chi connectivity index (χ4v) is 2.98. The van der Waals surface area contributed by atoms with Gasteiger partial charge in [0.25, 0.3) is 0 Å². The van der Waals surface area contributed by atoms with Gasteiger partial charge in [-0.25, -0.2) is 0 Å². The minimum absolute atomic E-state index is 0.0631. The monoisotopic (exact) mass is 300 g/mol. The van der Waals surface area contributed by atoms with Crippen LogP contribution in [0.4, 0.5) is 0 Å². The Morgan fingerprint density at radius 1 is 0.810 bits per heavy atom. The molecule has 1 heteroatoms. The van der Waals surface area contributed by atoms with E-state index in [1.165, 1.54) is 22.3 Å². The predicted molar refractivity (Wildman–Crippen MR) is 93.5 cm³/mol. The molecule has 21 heavy (non-hydrogen) atoms. The molecule has 2 unspecified atom stereocenters. The largest absolute Gasteiger partial charge is 0.122 e. The first-order valence-corrected chi connectivity index (χ1v) is 8.04. The van der Waals surface area contributed by atoms with Crippen LogP contribution in [0.5, 0.6) is 0 Å². The Kier molecular flexibility index (Phi) is 4.78. The second kappa shape index (κ2) is 6.23. The molecule has 0 fully saturated rings. The first-order valence-electron chi connectivity index (χ1n) is 7.60. The Labute approximate surface area is 134 Å². The zero-order valence-electron chi connectivity index (χ0n) is 13.7. The highest BCUT2D eigenvalue weighted by Crippen LogP contribution is 2.32. The van der Waals surface area contributed by atoms with Crippen molar-refractivity contribution in [3.63, 3.8) is 0 Å². The van der Waals surface area contributed by atoms with Crippen molar-refractivity contribution in [3.05, 3.63) is 70.8 Å². The molecule has 0 bridgehead atoms.